The highest BCUT2D eigenvalue weighted by molar-refractivity contribution is 9.10. The van der Waals surface area contributed by atoms with Crippen molar-refractivity contribution in [2.75, 3.05) is 0 Å². The second-order valence-electron chi connectivity index (χ2n) is 2.32. The molecule has 0 amide bonds. The van der Waals surface area contributed by atoms with Crippen LogP contribution in [0, 0.1) is 19.3 Å². The lowest BCUT2D eigenvalue weighted by molar-refractivity contribution is 1.06. The first kappa shape index (κ1) is 8.83. The van der Waals surface area contributed by atoms with Gasteiger partial charge in [0, 0.05) is 20.6 Å². The summed E-state index contributed by atoms with van der Waals surface area (Å²) in [5.74, 6) is 2.64. The maximum absolute atomic E-state index is 5.16. The molecule has 0 nitrogen and oxygen atoms in total. The number of thiophene rings is 1. The Kier molecular flexibility index (Phi) is 3.16. The highest BCUT2D eigenvalue weighted by atomic mass is 79.9. The molecule has 0 saturated carbocycles. The van der Waals surface area contributed by atoms with Gasteiger partial charge < -0.3 is 0 Å². The van der Waals surface area contributed by atoms with Gasteiger partial charge in [-0.25, -0.2) is 0 Å². The Hall–Kier alpha value is -0.260. The van der Waals surface area contributed by atoms with Crippen LogP contribution in [0.2, 0.25) is 0 Å². The summed E-state index contributed by atoms with van der Waals surface area (Å²) in [6, 6.07) is 2.15. The van der Waals surface area contributed by atoms with Crippen LogP contribution in [0.3, 0.4) is 0 Å². The fraction of sp³-hybridized carbons (Fsp3) is 0.333. The molecule has 58 valence electrons. The van der Waals surface area contributed by atoms with Gasteiger partial charge in [-0.1, -0.05) is 0 Å². The van der Waals surface area contributed by atoms with Gasteiger partial charge in [-0.3, -0.25) is 0 Å². The highest BCUT2D eigenvalue weighted by Crippen LogP contribution is 2.26. The monoisotopic (exact) mass is 228 g/mol. The zero-order valence-corrected chi connectivity index (χ0v) is 8.76. The minimum atomic E-state index is 0.840. The third kappa shape index (κ3) is 2.36. The van der Waals surface area contributed by atoms with Gasteiger partial charge in [-0.15, -0.1) is 23.7 Å². The molecule has 0 atom stereocenters. The summed E-state index contributed by atoms with van der Waals surface area (Å²) in [5.41, 5.74) is 0. The minimum absolute atomic E-state index is 0.840. The van der Waals surface area contributed by atoms with Gasteiger partial charge in [-0.05, 0) is 35.3 Å². The summed E-state index contributed by atoms with van der Waals surface area (Å²) < 4.78 is 1.20. The molecule has 0 bridgehead atoms. The standard InChI is InChI=1S/C9H9BrS/c1-3-4-5-8-6-9(10)7(2)11-8/h1,6H,4-5H2,2H3. The lowest BCUT2D eigenvalue weighted by Gasteiger charge is -1.86. The van der Waals surface area contributed by atoms with Gasteiger partial charge in [0.05, 0.1) is 0 Å². The lowest BCUT2D eigenvalue weighted by Crippen LogP contribution is -1.74. The van der Waals surface area contributed by atoms with Gasteiger partial charge in [0.15, 0.2) is 0 Å². The maximum atomic E-state index is 5.16. The summed E-state index contributed by atoms with van der Waals surface area (Å²) in [6.45, 7) is 2.11. The van der Waals surface area contributed by atoms with E-state index < -0.39 is 0 Å². The van der Waals surface area contributed by atoms with E-state index in [0.717, 1.165) is 12.8 Å². The van der Waals surface area contributed by atoms with Crippen LogP contribution in [0.25, 0.3) is 0 Å². The van der Waals surface area contributed by atoms with E-state index in [-0.39, 0.29) is 0 Å². The maximum Gasteiger partial charge on any atom is 0.0314 e. The van der Waals surface area contributed by atoms with Crippen LogP contribution >= 0.6 is 27.3 Å². The van der Waals surface area contributed by atoms with Gasteiger partial charge in [0.25, 0.3) is 0 Å². The average Bonchev–Trinajstić information content (AvgIpc) is 2.28. The van der Waals surface area contributed by atoms with Gasteiger partial charge >= 0.3 is 0 Å². The normalized spacial score (nSPS) is 9.55. The van der Waals surface area contributed by atoms with E-state index in [4.69, 9.17) is 6.42 Å². The second kappa shape index (κ2) is 3.94. The third-order valence-electron chi connectivity index (χ3n) is 1.42. The first-order valence-electron chi connectivity index (χ1n) is 3.42. The minimum Gasteiger partial charge on any atom is -0.144 e. The van der Waals surface area contributed by atoms with Crippen molar-refractivity contribution in [2.24, 2.45) is 0 Å². The van der Waals surface area contributed by atoms with Crippen LogP contribution < -0.4 is 0 Å². The molecule has 0 aromatic carbocycles. The van der Waals surface area contributed by atoms with Crippen molar-refractivity contribution in [2.45, 2.75) is 19.8 Å². The second-order valence-corrected chi connectivity index (χ2v) is 4.52. The molecule has 1 aromatic rings. The van der Waals surface area contributed by atoms with E-state index in [1.54, 1.807) is 0 Å². The molecule has 11 heavy (non-hydrogen) atoms. The van der Waals surface area contributed by atoms with Crippen molar-refractivity contribution in [3.05, 3.63) is 20.3 Å². The zero-order valence-electron chi connectivity index (χ0n) is 6.36. The fourth-order valence-electron chi connectivity index (χ4n) is 0.836. The zero-order chi connectivity index (χ0) is 8.27. The smallest absolute Gasteiger partial charge is 0.0314 e. The van der Waals surface area contributed by atoms with Crippen molar-refractivity contribution >= 4 is 27.3 Å². The number of halogens is 1. The Labute approximate surface area is 79.8 Å². The molecule has 0 saturated heterocycles. The van der Waals surface area contributed by atoms with Crippen LogP contribution in [-0.4, -0.2) is 0 Å². The Bertz CT molecular complexity index is 261. The molecule has 1 heterocycles. The average molecular weight is 229 g/mol. The Morgan fingerprint density at radius 2 is 2.45 bits per heavy atom. The van der Waals surface area contributed by atoms with Gasteiger partial charge in [-0.2, -0.15) is 0 Å². The number of aryl methyl sites for hydroxylation is 2. The van der Waals surface area contributed by atoms with Crippen molar-refractivity contribution in [3.63, 3.8) is 0 Å². The van der Waals surface area contributed by atoms with Crippen molar-refractivity contribution in [1.29, 1.82) is 0 Å². The summed E-state index contributed by atoms with van der Waals surface area (Å²) in [6.07, 6.45) is 7.01. The number of terminal acetylenes is 1. The van der Waals surface area contributed by atoms with E-state index in [2.05, 4.69) is 34.8 Å². The molecule has 0 aliphatic rings. The van der Waals surface area contributed by atoms with Gasteiger partial charge in [0.1, 0.15) is 0 Å². The topological polar surface area (TPSA) is 0 Å². The summed E-state index contributed by atoms with van der Waals surface area (Å²) in [5, 5.41) is 0. The van der Waals surface area contributed by atoms with Crippen LogP contribution in [0.5, 0.6) is 0 Å². The van der Waals surface area contributed by atoms with Crippen molar-refractivity contribution < 1.29 is 0 Å². The number of hydrogen-bond donors (Lipinski definition) is 0. The van der Waals surface area contributed by atoms with Gasteiger partial charge in [0.2, 0.25) is 0 Å². The molecular weight excluding hydrogens is 220 g/mol. The number of rotatable bonds is 2. The molecule has 0 aliphatic carbocycles. The van der Waals surface area contributed by atoms with E-state index in [1.165, 1.54) is 14.2 Å². The third-order valence-corrected chi connectivity index (χ3v) is 3.62. The van der Waals surface area contributed by atoms with E-state index in [0.29, 0.717) is 0 Å². The molecule has 2 heteroatoms. The molecular formula is C9H9BrS. The molecule has 1 aromatic heterocycles. The predicted octanol–water partition coefficient (Wildman–Crippen LogP) is 3.38. The van der Waals surface area contributed by atoms with E-state index in [9.17, 15) is 0 Å². The first-order chi connectivity index (χ1) is 5.24. The molecule has 0 aliphatic heterocycles. The molecule has 1 rings (SSSR count). The fourth-order valence-corrected chi connectivity index (χ4v) is 2.44. The molecule has 0 spiro atoms. The SMILES string of the molecule is C#CCCc1cc(Br)c(C)s1. The van der Waals surface area contributed by atoms with Crippen LogP contribution in [-0.2, 0) is 6.42 Å². The van der Waals surface area contributed by atoms with E-state index in [1.807, 2.05) is 11.3 Å². The Morgan fingerprint density at radius 3 is 2.91 bits per heavy atom. The molecule has 0 radical (unpaired) electrons. The highest BCUT2D eigenvalue weighted by Gasteiger charge is 2.00. The summed E-state index contributed by atoms with van der Waals surface area (Å²) in [7, 11) is 0. The van der Waals surface area contributed by atoms with Crippen molar-refractivity contribution in [1.82, 2.24) is 0 Å². The lowest BCUT2D eigenvalue weighted by atomic mass is 10.3. The van der Waals surface area contributed by atoms with Crippen LogP contribution in [0.1, 0.15) is 16.2 Å². The Balaban J connectivity index is 2.67. The largest absolute Gasteiger partial charge is 0.144 e. The summed E-state index contributed by atoms with van der Waals surface area (Å²) in [4.78, 5) is 2.70. The van der Waals surface area contributed by atoms with Crippen LogP contribution in [0.4, 0.5) is 0 Å². The molecule has 0 fully saturated rings. The van der Waals surface area contributed by atoms with Crippen LogP contribution in [0.15, 0.2) is 10.5 Å². The van der Waals surface area contributed by atoms with Crippen molar-refractivity contribution in [3.8, 4) is 12.3 Å². The predicted molar refractivity (Wildman–Crippen MR) is 53.9 cm³/mol. The quantitative estimate of drug-likeness (QED) is 0.682. The Morgan fingerprint density at radius 1 is 1.73 bits per heavy atom. The summed E-state index contributed by atoms with van der Waals surface area (Å²) >= 11 is 5.28. The molecule has 0 unspecified atom stereocenters. The molecule has 0 N–H and O–H groups in total. The first-order valence-corrected chi connectivity index (χ1v) is 5.03. The van der Waals surface area contributed by atoms with E-state index >= 15 is 0 Å². The number of hydrogen-bond acceptors (Lipinski definition) is 1.